The topological polar surface area (TPSA) is 143 Å². The van der Waals surface area contributed by atoms with Gasteiger partial charge >= 0.3 is 0 Å². The number of aryl methyl sites for hydroxylation is 1. The van der Waals surface area contributed by atoms with Crippen LogP contribution in [0.3, 0.4) is 0 Å². The zero-order chi connectivity index (χ0) is 34.1. The minimum absolute atomic E-state index is 0.0383. The zero-order valence-electron chi connectivity index (χ0n) is 27.8. The lowest BCUT2D eigenvalue weighted by molar-refractivity contribution is -0.131. The molecule has 3 aromatic rings. The molecule has 256 valence electrons. The van der Waals surface area contributed by atoms with Crippen molar-refractivity contribution in [2.24, 2.45) is 13.0 Å². The summed E-state index contributed by atoms with van der Waals surface area (Å²) >= 11 is 0. The van der Waals surface area contributed by atoms with Crippen molar-refractivity contribution < 1.29 is 32.6 Å². The molecule has 12 nitrogen and oxygen atoms in total. The number of aliphatic hydroxyl groups is 1. The van der Waals surface area contributed by atoms with Gasteiger partial charge in [-0.05, 0) is 56.9 Å². The molecule has 0 radical (unpaired) electrons. The molecule has 4 rings (SSSR count). The third-order valence-corrected chi connectivity index (χ3v) is 9.60. The van der Waals surface area contributed by atoms with Gasteiger partial charge in [-0.25, -0.2) is 4.98 Å². The van der Waals surface area contributed by atoms with Crippen LogP contribution in [0.2, 0.25) is 0 Å². The number of anilines is 1. The first kappa shape index (κ1) is 35.9. The standard InChI is InChI=1S/C34H47N5O7S/c1-24-19-39(25(2)22-40)34(42)29-18-28(36-47(43,44)32-21-37(4)23-35-32)14-15-30(29)46-26(3)11-9-10-16-45-31(24)20-38(5)33(41)17-27-12-7-6-8-13-27/h6-8,12-15,18,21,23-26,31,36,40H,9-11,16-17,19-20,22H2,1-5H3/t24-,25-,26+,31-/m1/s1. The Morgan fingerprint density at radius 2 is 1.91 bits per heavy atom. The Balaban J connectivity index is 1.62. The van der Waals surface area contributed by atoms with E-state index in [9.17, 15) is 23.1 Å². The highest BCUT2D eigenvalue weighted by Crippen LogP contribution is 2.29. The maximum absolute atomic E-state index is 14.3. The number of aliphatic hydroxyl groups excluding tert-OH is 1. The van der Waals surface area contributed by atoms with Crippen molar-refractivity contribution in [2.45, 2.75) is 69.7 Å². The summed E-state index contributed by atoms with van der Waals surface area (Å²) in [6.45, 7) is 6.37. The fourth-order valence-electron chi connectivity index (χ4n) is 5.46. The number of likely N-dealkylation sites (N-methyl/N-ethyl adjacent to an activating group) is 1. The van der Waals surface area contributed by atoms with Gasteiger partial charge in [0.05, 0.1) is 43.2 Å². The van der Waals surface area contributed by atoms with E-state index in [2.05, 4.69) is 9.71 Å². The second-order valence-electron chi connectivity index (χ2n) is 12.4. The highest BCUT2D eigenvalue weighted by molar-refractivity contribution is 7.92. The van der Waals surface area contributed by atoms with Crippen molar-refractivity contribution in [1.82, 2.24) is 19.4 Å². The van der Waals surface area contributed by atoms with Crippen molar-refractivity contribution in [3.05, 3.63) is 72.2 Å². The molecule has 1 aliphatic rings. The van der Waals surface area contributed by atoms with E-state index in [0.717, 1.165) is 18.4 Å². The second-order valence-corrected chi connectivity index (χ2v) is 14.1. The summed E-state index contributed by atoms with van der Waals surface area (Å²) in [5, 5.41) is 10.0. The first-order valence-corrected chi connectivity index (χ1v) is 17.5. The maximum atomic E-state index is 14.3. The molecular weight excluding hydrogens is 622 g/mol. The monoisotopic (exact) mass is 669 g/mol. The summed E-state index contributed by atoms with van der Waals surface area (Å²) in [5.41, 5.74) is 1.26. The number of carbonyl (C=O) groups is 2. The lowest BCUT2D eigenvalue weighted by atomic mass is 10.0. The van der Waals surface area contributed by atoms with E-state index in [4.69, 9.17) is 9.47 Å². The van der Waals surface area contributed by atoms with E-state index < -0.39 is 22.0 Å². The Hall–Kier alpha value is -3.94. The van der Waals surface area contributed by atoms with E-state index in [1.54, 1.807) is 43.0 Å². The predicted molar refractivity (Wildman–Crippen MR) is 179 cm³/mol. The largest absolute Gasteiger partial charge is 0.490 e. The van der Waals surface area contributed by atoms with E-state index >= 15 is 0 Å². The van der Waals surface area contributed by atoms with Crippen LogP contribution in [0, 0.1) is 5.92 Å². The highest BCUT2D eigenvalue weighted by atomic mass is 32.2. The number of ether oxygens (including phenoxy) is 2. The molecule has 0 spiro atoms. The van der Waals surface area contributed by atoms with Crippen molar-refractivity contribution in [3.8, 4) is 5.75 Å². The average Bonchev–Trinajstić information content (AvgIpc) is 3.50. The number of sulfonamides is 1. The summed E-state index contributed by atoms with van der Waals surface area (Å²) in [6, 6.07) is 13.6. The summed E-state index contributed by atoms with van der Waals surface area (Å²) in [6.07, 6.45) is 4.74. The Morgan fingerprint density at radius 3 is 2.60 bits per heavy atom. The van der Waals surface area contributed by atoms with Crippen molar-refractivity contribution in [2.75, 3.05) is 38.1 Å². The molecule has 0 saturated heterocycles. The van der Waals surface area contributed by atoms with Crippen LogP contribution in [0.25, 0.3) is 0 Å². The molecule has 4 atom stereocenters. The van der Waals surface area contributed by atoms with Crippen LogP contribution in [0.1, 0.15) is 56.0 Å². The minimum atomic E-state index is -4.02. The summed E-state index contributed by atoms with van der Waals surface area (Å²) in [5.74, 6) is -0.369. The lowest BCUT2D eigenvalue weighted by Gasteiger charge is -2.36. The van der Waals surface area contributed by atoms with Crippen LogP contribution < -0.4 is 9.46 Å². The number of hydrogen-bond donors (Lipinski definition) is 2. The third kappa shape index (κ3) is 9.78. The Kier molecular flexibility index (Phi) is 12.4. The number of hydrogen-bond acceptors (Lipinski definition) is 8. The molecule has 0 aliphatic carbocycles. The van der Waals surface area contributed by atoms with Crippen molar-refractivity contribution in [3.63, 3.8) is 0 Å². The number of nitrogens with one attached hydrogen (secondary N) is 1. The number of carbonyl (C=O) groups excluding carboxylic acids is 2. The van der Waals surface area contributed by atoms with Crippen LogP contribution in [0.4, 0.5) is 5.69 Å². The van der Waals surface area contributed by atoms with Gasteiger partial charge in [-0.3, -0.25) is 14.3 Å². The second kappa shape index (κ2) is 16.2. The molecule has 0 bridgehead atoms. The molecule has 2 amide bonds. The summed E-state index contributed by atoms with van der Waals surface area (Å²) < 4.78 is 42.7. The van der Waals surface area contributed by atoms with Gasteiger partial charge in [0, 0.05) is 51.6 Å². The number of benzene rings is 2. The van der Waals surface area contributed by atoms with Crippen LogP contribution in [0.15, 0.2) is 66.1 Å². The van der Waals surface area contributed by atoms with E-state index in [1.807, 2.05) is 44.2 Å². The molecule has 13 heteroatoms. The molecule has 2 heterocycles. The van der Waals surface area contributed by atoms with Gasteiger partial charge < -0.3 is 28.9 Å². The highest BCUT2D eigenvalue weighted by Gasteiger charge is 2.31. The summed E-state index contributed by atoms with van der Waals surface area (Å²) in [4.78, 5) is 34.6. The van der Waals surface area contributed by atoms with Gasteiger partial charge in [0.1, 0.15) is 5.75 Å². The SMILES string of the molecule is C[C@@H]1CN([C@H](C)CO)C(=O)c2cc(NS(=O)(=O)c3cn(C)cn3)ccc2O[C@@H](C)CCCCO[C@@H]1CN(C)C(=O)Cc1ccccc1. The quantitative estimate of drug-likeness (QED) is 0.351. The normalized spacial score (nSPS) is 20.4. The van der Waals surface area contributed by atoms with Gasteiger partial charge in [-0.1, -0.05) is 37.3 Å². The van der Waals surface area contributed by atoms with Crippen LogP contribution in [-0.2, 0) is 33.0 Å². The Bertz CT molecular complexity index is 1600. The number of rotatable bonds is 9. The molecule has 0 unspecified atom stereocenters. The fourth-order valence-corrected chi connectivity index (χ4v) is 6.49. The molecule has 1 aromatic heterocycles. The molecule has 0 saturated carbocycles. The molecule has 1 aliphatic heterocycles. The number of fused-ring (bicyclic) bond motifs is 1. The van der Waals surface area contributed by atoms with Gasteiger partial charge in [0.2, 0.25) is 5.91 Å². The number of amides is 2. The van der Waals surface area contributed by atoms with Crippen LogP contribution in [0.5, 0.6) is 5.75 Å². The Morgan fingerprint density at radius 1 is 1.17 bits per heavy atom. The summed E-state index contributed by atoms with van der Waals surface area (Å²) in [7, 11) is -0.593. The fraction of sp³-hybridized carbons (Fsp3) is 0.500. The molecule has 0 fully saturated rings. The number of imidazole rings is 1. The smallest absolute Gasteiger partial charge is 0.280 e. The number of aromatic nitrogens is 2. The lowest BCUT2D eigenvalue weighted by Crippen LogP contribution is -2.48. The van der Waals surface area contributed by atoms with Gasteiger partial charge in [0.25, 0.3) is 15.9 Å². The van der Waals surface area contributed by atoms with Gasteiger partial charge in [-0.15, -0.1) is 0 Å². The van der Waals surface area contributed by atoms with Crippen LogP contribution in [-0.4, -0.2) is 96.3 Å². The van der Waals surface area contributed by atoms with E-state index in [-0.39, 0.29) is 59.9 Å². The van der Waals surface area contributed by atoms with Crippen LogP contribution >= 0.6 is 0 Å². The molecule has 2 N–H and O–H groups in total. The van der Waals surface area contributed by atoms with E-state index in [0.29, 0.717) is 25.3 Å². The zero-order valence-corrected chi connectivity index (χ0v) is 28.7. The average molecular weight is 670 g/mol. The van der Waals surface area contributed by atoms with Gasteiger partial charge in [-0.2, -0.15) is 8.42 Å². The van der Waals surface area contributed by atoms with E-state index in [1.165, 1.54) is 23.2 Å². The Labute approximate surface area is 277 Å². The predicted octanol–water partition coefficient (Wildman–Crippen LogP) is 3.72. The van der Waals surface area contributed by atoms with Gasteiger partial charge in [0.15, 0.2) is 5.03 Å². The van der Waals surface area contributed by atoms with Crippen molar-refractivity contribution in [1.29, 1.82) is 0 Å². The molecule has 2 aromatic carbocycles. The maximum Gasteiger partial charge on any atom is 0.280 e. The minimum Gasteiger partial charge on any atom is -0.490 e. The molecule has 47 heavy (non-hydrogen) atoms. The first-order chi connectivity index (χ1) is 22.4. The first-order valence-electron chi connectivity index (χ1n) is 16.0. The third-order valence-electron chi connectivity index (χ3n) is 8.34. The molecular formula is C34H47N5O7S. The van der Waals surface area contributed by atoms with Crippen molar-refractivity contribution >= 4 is 27.5 Å². The number of nitrogens with zero attached hydrogens (tertiary/aromatic N) is 4.